The minimum atomic E-state index is -0.347. The monoisotopic (exact) mass is 376 g/mol. The topological polar surface area (TPSA) is 43.4 Å². The maximum absolute atomic E-state index is 11.6. The number of hydrogen-bond acceptors (Lipinski definition) is 3. The summed E-state index contributed by atoms with van der Waals surface area (Å²) in [6.07, 6.45) is 0. The molecule has 0 aliphatic carbocycles. The summed E-state index contributed by atoms with van der Waals surface area (Å²) in [6, 6.07) is 5.21. The Morgan fingerprint density at radius 3 is 2.56 bits per heavy atom. The van der Waals surface area contributed by atoms with Gasteiger partial charge in [0.1, 0.15) is 5.78 Å². The van der Waals surface area contributed by atoms with Crippen molar-refractivity contribution in [2.24, 2.45) is 0 Å². The fourth-order valence-electron chi connectivity index (χ4n) is 1.53. The van der Waals surface area contributed by atoms with Crippen LogP contribution in [0.15, 0.2) is 18.2 Å². The Kier molecular flexibility index (Phi) is 6.02. The number of esters is 1. The maximum Gasteiger partial charge on any atom is 0.338 e. The van der Waals surface area contributed by atoms with Crippen LogP contribution in [0.5, 0.6) is 0 Å². The van der Waals surface area contributed by atoms with Crippen molar-refractivity contribution in [3.63, 3.8) is 0 Å². The van der Waals surface area contributed by atoms with Crippen LogP contribution >= 0.6 is 31.9 Å². The number of Topliss-reactive ketones (excluding diaryl/α,β-unsaturated/α-hetero) is 1. The molecule has 0 radical (unpaired) electrons. The van der Waals surface area contributed by atoms with Gasteiger partial charge in [-0.25, -0.2) is 4.79 Å². The molecule has 1 rings (SSSR count). The van der Waals surface area contributed by atoms with Gasteiger partial charge in [-0.05, 0) is 37.1 Å². The number of ether oxygens (including phenoxy) is 1. The number of carbonyl (C=O) groups is 2. The molecule has 1 aromatic carbocycles. The highest BCUT2D eigenvalue weighted by Crippen LogP contribution is 2.29. The smallest absolute Gasteiger partial charge is 0.338 e. The van der Waals surface area contributed by atoms with E-state index in [2.05, 4.69) is 31.9 Å². The Balaban J connectivity index is 3.11. The summed E-state index contributed by atoms with van der Waals surface area (Å²) in [7, 11) is 0. The summed E-state index contributed by atoms with van der Waals surface area (Å²) in [4.78, 5) is 22.6. The third-order valence-corrected chi connectivity index (χ3v) is 4.17. The van der Waals surface area contributed by atoms with E-state index in [1.54, 1.807) is 25.1 Å². The summed E-state index contributed by atoms with van der Waals surface area (Å²) in [5, 5.41) is 0.574. The van der Waals surface area contributed by atoms with Gasteiger partial charge in [-0.1, -0.05) is 37.9 Å². The average molecular weight is 378 g/mol. The number of alkyl halides is 2. The molecule has 18 heavy (non-hydrogen) atoms. The van der Waals surface area contributed by atoms with Crippen LogP contribution in [-0.4, -0.2) is 18.4 Å². The molecule has 0 spiro atoms. The number of benzene rings is 1. The van der Waals surface area contributed by atoms with E-state index in [0.717, 1.165) is 11.1 Å². The Bertz CT molecular complexity index is 458. The summed E-state index contributed by atoms with van der Waals surface area (Å²) >= 11 is 6.71. The maximum atomic E-state index is 11.6. The van der Waals surface area contributed by atoms with Crippen molar-refractivity contribution in [3.05, 3.63) is 34.9 Å². The standard InChI is InChI=1S/C13H14Br2O3/c1-3-18-13(17)9-4-5-11(10(6-9)7-14)12(15)8(2)16/h4-6,12H,3,7H2,1-2H3. The van der Waals surface area contributed by atoms with Crippen LogP contribution in [0.3, 0.4) is 0 Å². The SMILES string of the molecule is CCOC(=O)c1ccc(C(Br)C(C)=O)c(CBr)c1. The van der Waals surface area contributed by atoms with Gasteiger partial charge in [0, 0.05) is 5.33 Å². The van der Waals surface area contributed by atoms with E-state index in [9.17, 15) is 9.59 Å². The van der Waals surface area contributed by atoms with Crippen LogP contribution < -0.4 is 0 Å². The van der Waals surface area contributed by atoms with E-state index in [-0.39, 0.29) is 16.6 Å². The predicted molar refractivity (Wildman–Crippen MR) is 77.4 cm³/mol. The van der Waals surface area contributed by atoms with Crippen molar-refractivity contribution < 1.29 is 14.3 Å². The summed E-state index contributed by atoms with van der Waals surface area (Å²) in [6.45, 7) is 3.64. The van der Waals surface area contributed by atoms with E-state index in [0.29, 0.717) is 17.5 Å². The number of halogens is 2. The third-order valence-electron chi connectivity index (χ3n) is 2.43. The molecule has 0 amide bonds. The first-order valence-electron chi connectivity index (χ1n) is 5.51. The Labute approximate surface area is 123 Å². The van der Waals surface area contributed by atoms with Gasteiger partial charge in [0.05, 0.1) is 17.0 Å². The average Bonchev–Trinajstić information content (AvgIpc) is 2.37. The molecule has 0 saturated heterocycles. The molecule has 3 nitrogen and oxygen atoms in total. The van der Waals surface area contributed by atoms with Crippen molar-refractivity contribution in [1.82, 2.24) is 0 Å². The van der Waals surface area contributed by atoms with Crippen molar-refractivity contribution >= 4 is 43.6 Å². The molecule has 0 aliphatic rings. The van der Waals surface area contributed by atoms with Gasteiger partial charge >= 0.3 is 5.97 Å². The molecule has 0 fully saturated rings. The highest BCUT2D eigenvalue weighted by molar-refractivity contribution is 9.09. The van der Waals surface area contributed by atoms with Crippen LogP contribution in [-0.2, 0) is 14.9 Å². The highest BCUT2D eigenvalue weighted by Gasteiger charge is 2.18. The number of carbonyl (C=O) groups excluding carboxylic acids is 2. The van der Waals surface area contributed by atoms with Gasteiger partial charge in [-0.2, -0.15) is 0 Å². The molecular formula is C13H14Br2O3. The van der Waals surface area contributed by atoms with E-state index in [1.165, 1.54) is 6.92 Å². The molecule has 0 aliphatic heterocycles. The molecule has 1 aromatic rings. The van der Waals surface area contributed by atoms with E-state index < -0.39 is 0 Å². The van der Waals surface area contributed by atoms with Gasteiger partial charge in [0.25, 0.3) is 0 Å². The molecule has 0 saturated carbocycles. The van der Waals surface area contributed by atoms with Crippen LogP contribution in [0.2, 0.25) is 0 Å². The second-order valence-corrected chi connectivity index (χ2v) is 5.22. The van der Waals surface area contributed by atoms with Crippen LogP contribution in [0, 0.1) is 0 Å². The Morgan fingerprint density at radius 1 is 1.39 bits per heavy atom. The first-order chi connectivity index (χ1) is 8.51. The molecule has 0 aromatic heterocycles. The zero-order valence-corrected chi connectivity index (χ0v) is 13.4. The van der Waals surface area contributed by atoms with Crippen LogP contribution in [0.4, 0.5) is 0 Å². The lowest BCUT2D eigenvalue weighted by Gasteiger charge is -2.12. The number of hydrogen-bond donors (Lipinski definition) is 0. The Hall–Kier alpha value is -0.680. The third kappa shape index (κ3) is 3.65. The lowest BCUT2D eigenvalue weighted by Crippen LogP contribution is -2.08. The lowest BCUT2D eigenvalue weighted by molar-refractivity contribution is -0.116. The quantitative estimate of drug-likeness (QED) is 0.579. The molecule has 5 heteroatoms. The van der Waals surface area contributed by atoms with Gasteiger partial charge in [0.15, 0.2) is 0 Å². The zero-order chi connectivity index (χ0) is 13.7. The normalized spacial score (nSPS) is 12.0. The molecule has 0 heterocycles. The molecular weight excluding hydrogens is 364 g/mol. The zero-order valence-electron chi connectivity index (χ0n) is 10.2. The van der Waals surface area contributed by atoms with Crippen molar-refractivity contribution in [2.45, 2.75) is 24.0 Å². The Morgan fingerprint density at radius 2 is 2.06 bits per heavy atom. The fourth-order valence-corrected chi connectivity index (χ4v) is 2.46. The molecule has 1 atom stereocenters. The minimum Gasteiger partial charge on any atom is -0.462 e. The number of ketones is 1. The molecule has 0 N–H and O–H groups in total. The second-order valence-electron chi connectivity index (χ2n) is 3.74. The van der Waals surface area contributed by atoms with Crippen molar-refractivity contribution in [3.8, 4) is 0 Å². The largest absolute Gasteiger partial charge is 0.462 e. The van der Waals surface area contributed by atoms with E-state index in [1.807, 2.05) is 0 Å². The molecule has 0 bridgehead atoms. The highest BCUT2D eigenvalue weighted by atomic mass is 79.9. The minimum absolute atomic E-state index is 0.0288. The van der Waals surface area contributed by atoms with Crippen molar-refractivity contribution in [2.75, 3.05) is 6.61 Å². The van der Waals surface area contributed by atoms with E-state index in [4.69, 9.17) is 4.74 Å². The second kappa shape index (κ2) is 7.04. The summed E-state index contributed by atoms with van der Waals surface area (Å²) in [5.41, 5.74) is 2.27. The van der Waals surface area contributed by atoms with Gasteiger partial charge in [-0.3, -0.25) is 4.79 Å². The van der Waals surface area contributed by atoms with E-state index >= 15 is 0 Å². The van der Waals surface area contributed by atoms with Gasteiger partial charge < -0.3 is 4.74 Å². The fraction of sp³-hybridized carbons (Fsp3) is 0.385. The van der Waals surface area contributed by atoms with Gasteiger partial charge in [0.2, 0.25) is 0 Å². The first kappa shape index (κ1) is 15.4. The molecule has 1 unspecified atom stereocenters. The summed E-state index contributed by atoms with van der Waals surface area (Å²) in [5.74, 6) is -0.318. The van der Waals surface area contributed by atoms with Crippen LogP contribution in [0.25, 0.3) is 0 Å². The van der Waals surface area contributed by atoms with Gasteiger partial charge in [-0.15, -0.1) is 0 Å². The lowest BCUT2D eigenvalue weighted by atomic mass is 10.0. The first-order valence-corrected chi connectivity index (χ1v) is 7.55. The van der Waals surface area contributed by atoms with Crippen molar-refractivity contribution in [1.29, 1.82) is 0 Å². The number of rotatable bonds is 5. The van der Waals surface area contributed by atoms with Crippen LogP contribution in [0.1, 0.15) is 40.2 Å². The summed E-state index contributed by atoms with van der Waals surface area (Å²) < 4.78 is 4.94. The molecule has 98 valence electrons. The predicted octanol–water partition coefficient (Wildman–Crippen LogP) is 3.78.